The number of fused-ring (bicyclic) bond motifs is 1. The van der Waals surface area contributed by atoms with E-state index >= 15 is 0 Å². The number of rotatable bonds is 5. The van der Waals surface area contributed by atoms with Crippen LogP contribution in [0.3, 0.4) is 0 Å². The molecule has 0 atom stereocenters. The number of hydrogen-bond acceptors (Lipinski definition) is 4. The molecule has 1 amide bonds. The van der Waals surface area contributed by atoms with Gasteiger partial charge in [-0.3, -0.25) is 9.20 Å². The fraction of sp³-hybridized carbons (Fsp3) is 0.267. The van der Waals surface area contributed by atoms with E-state index in [1.807, 2.05) is 19.0 Å². The number of carbonyl (C=O) groups excluding carboxylic acids is 1. The molecular formula is C15H18N6O2. The van der Waals surface area contributed by atoms with Crippen LogP contribution in [0.4, 0.5) is 5.82 Å². The molecule has 23 heavy (non-hydrogen) atoms. The number of hydrogen-bond donors (Lipinski definition) is 2. The summed E-state index contributed by atoms with van der Waals surface area (Å²) in [4.78, 5) is 28.9. The first kappa shape index (κ1) is 15.0. The van der Waals surface area contributed by atoms with Gasteiger partial charge in [0.15, 0.2) is 0 Å². The van der Waals surface area contributed by atoms with Gasteiger partial charge in [-0.05, 0) is 32.3 Å². The highest BCUT2D eigenvalue weighted by Crippen LogP contribution is 2.09. The van der Waals surface area contributed by atoms with E-state index in [-0.39, 0.29) is 17.3 Å². The maximum absolute atomic E-state index is 12.4. The molecule has 0 radical (unpaired) electrons. The predicted octanol–water partition coefficient (Wildman–Crippen LogP) is 0.638. The van der Waals surface area contributed by atoms with Crippen LogP contribution >= 0.6 is 0 Å². The second kappa shape index (κ2) is 6.09. The SMILES string of the molecule is CN(C)CCn1nccc1NC(=O)c1cc2cccn2c(=O)[nH]1. The lowest BCUT2D eigenvalue weighted by atomic mass is 10.3. The summed E-state index contributed by atoms with van der Waals surface area (Å²) in [5.74, 6) is 0.213. The van der Waals surface area contributed by atoms with Crippen LogP contribution in [0, 0.1) is 0 Å². The molecule has 0 saturated carbocycles. The van der Waals surface area contributed by atoms with Crippen molar-refractivity contribution in [2.75, 3.05) is 26.0 Å². The number of anilines is 1. The van der Waals surface area contributed by atoms with E-state index < -0.39 is 0 Å². The number of nitrogens with one attached hydrogen (secondary N) is 2. The third-order valence-electron chi connectivity index (χ3n) is 3.49. The maximum atomic E-state index is 12.4. The van der Waals surface area contributed by atoms with Crippen LogP contribution in [0.25, 0.3) is 5.52 Å². The van der Waals surface area contributed by atoms with Crippen molar-refractivity contribution in [1.82, 2.24) is 24.1 Å². The second-order valence-corrected chi connectivity index (χ2v) is 5.49. The van der Waals surface area contributed by atoms with Crippen molar-refractivity contribution in [1.29, 1.82) is 0 Å². The van der Waals surface area contributed by atoms with Crippen molar-refractivity contribution in [3.8, 4) is 0 Å². The Labute approximate surface area is 132 Å². The van der Waals surface area contributed by atoms with E-state index in [0.717, 1.165) is 6.54 Å². The smallest absolute Gasteiger partial charge is 0.308 e. The van der Waals surface area contributed by atoms with Gasteiger partial charge in [0.1, 0.15) is 11.5 Å². The zero-order chi connectivity index (χ0) is 16.4. The number of amides is 1. The van der Waals surface area contributed by atoms with Gasteiger partial charge in [0.2, 0.25) is 0 Å². The van der Waals surface area contributed by atoms with Crippen LogP contribution < -0.4 is 11.0 Å². The van der Waals surface area contributed by atoms with Gasteiger partial charge < -0.3 is 15.2 Å². The molecule has 120 valence electrons. The van der Waals surface area contributed by atoms with Gasteiger partial charge in [0.25, 0.3) is 5.91 Å². The second-order valence-electron chi connectivity index (χ2n) is 5.49. The van der Waals surface area contributed by atoms with Crippen molar-refractivity contribution in [3.05, 3.63) is 52.8 Å². The zero-order valence-electron chi connectivity index (χ0n) is 13.0. The van der Waals surface area contributed by atoms with Gasteiger partial charge in [-0.1, -0.05) is 0 Å². The van der Waals surface area contributed by atoms with Crippen molar-refractivity contribution in [2.45, 2.75) is 6.54 Å². The molecule has 0 aliphatic heterocycles. The lowest BCUT2D eigenvalue weighted by molar-refractivity contribution is 0.102. The zero-order valence-corrected chi connectivity index (χ0v) is 13.0. The molecule has 3 heterocycles. The minimum Gasteiger partial charge on any atom is -0.308 e. The van der Waals surface area contributed by atoms with Crippen LogP contribution in [0.1, 0.15) is 10.5 Å². The Morgan fingerprint density at radius 3 is 3.00 bits per heavy atom. The summed E-state index contributed by atoms with van der Waals surface area (Å²) in [5.41, 5.74) is 0.528. The Balaban J connectivity index is 1.81. The molecule has 3 aromatic heterocycles. The monoisotopic (exact) mass is 314 g/mol. The average Bonchev–Trinajstić information content (AvgIpc) is 3.14. The van der Waals surface area contributed by atoms with E-state index in [2.05, 4.69) is 15.4 Å². The fourth-order valence-electron chi connectivity index (χ4n) is 2.27. The Morgan fingerprint density at radius 1 is 1.39 bits per heavy atom. The molecule has 0 fully saturated rings. The Kier molecular flexibility index (Phi) is 3.98. The molecule has 0 aliphatic carbocycles. The first-order chi connectivity index (χ1) is 11.0. The predicted molar refractivity (Wildman–Crippen MR) is 86.8 cm³/mol. The molecule has 0 aromatic carbocycles. The van der Waals surface area contributed by atoms with Crippen molar-refractivity contribution < 1.29 is 4.79 Å². The van der Waals surface area contributed by atoms with Crippen LogP contribution in [0.15, 0.2) is 41.5 Å². The summed E-state index contributed by atoms with van der Waals surface area (Å²) in [7, 11) is 3.94. The molecule has 0 aliphatic rings. The molecule has 0 unspecified atom stereocenters. The topological polar surface area (TPSA) is 87.4 Å². The number of carbonyl (C=O) groups is 1. The first-order valence-electron chi connectivity index (χ1n) is 7.23. The minimum absolute atomic E-state index is 0.210. The summed E-state index contributed by atoms with van der Waals surface area (Å²) in [5, 5.41) is 6.97. The van der Waals surface area contributed by atoms with E-state index in [1.165, 1.54) is 4.40 Å². The molecule has 0 saturated heterocycles. The number of H-pyrrole nitrogens is 1. The van der Waals surface area contributed by atoms with E-state index in [9.17, 15) is 9.59 Å². The van der Waals surface area contributed by atoms with Crippen molar-refractivity contribution >= 4 is 17.2 Å². The molecule has 8 heteroatoms. The van der Waals surface area contributed by atoms with E-state index in [4.69, 9.17) is 0 Å². The van der Waals surface area contributed by atoms with Crippen molar-refractivity contribution in [3.63, 3.8) is 0 Å². The summed E-state index contributed by atoms with van der Waals surface area (Å²) in [6.07, 6.45) is 3.27. The van der Waals surface area contributed by atoms with Gasteiger partial charge in [-0.2, -0.15) is 5.10 Å². The summed E-state index contributed by atoms with van der Waals surface area (Å²) in [6.45, 7) is 1.46. The Morgan fingerprint density at radius 2 is 2.22 bits per heavy atom. The Bertz CT molecular complexity index is 889. The molecule has 0 spiro atoms. The summed E-state index contributed by atoms with van der Waals surface area (Å²) < 4.78 is 3.16. The third kappa shape index (κ3) is 3.16. The van der Waals surface area contributed by atoms with Gasteiger partial charge >= 0.3 is 5.69 Å². The van der Waals surface area contributed by atoms with Crippen LogP contribution in [0.5, 0.6) is 0 Å². The van der Waals surface area contributed by atoms with Gasteiger partial charge in [-0.15, -0.1) is 0 Å². The number of likely N-dealkylation sites (N-methyl/N-ethyl adjacent to an activating group) is 1. The number of nitrogens with zero attached hydrogens (tertiary/aromatic N) is 4. The van der Waals surface area contributed by atoms with Gasteiger partial charge in [0.05, 0.1) is 18.3 Å². The lowest BCUT2D eigenvalue weighted by Gasteiger charge is -2.12. The summed E-state index contributed by atoms with van der Waals surface area (Å²) in [6, 6.07) is 6.88. The fourth-order valence-corrected chi connectivity index (χ4v) is 2.27. The number of aromatic nitrogens is 4. The maximum Gasteiger partial charge on any atom is 0.330 e. The van der Waals surface area contributed by atoms with Crippen LogP contribution in [-0.4, -0.2) is 50.6 Å². The highest BCUT2D eigenvalue weighted by molar-refractivity contribution is 6.02. The third-order valence-corrected chi connectivity index (χ3v) is 3.49. The molecule has 2 N–H and O–H groups in total. The molecule has 0 bridgehead atoms. The largest absolute Gasteiger partial charge is 0.330 e. The highest BCUT2D eigenvalue weighted by atomic mass is 16.2. The quantitative estimate of drug-likeness (QED) is 0.723. The van der Waals surface area contributed by atoms with Gasteiger partial charge in [-0.25, -0.2) is 9.48 Å². The molecule has 8 nitrogen and oxygen atoms in total. The highest BCUT2D eigenvalue weighted by Gasteiger charge is 2.12. The average molecular weight is 314 g/mol. The first-order valence-corrected chi connectivity index (χ1v) is 7.23. The summed E-state index contributed by atoms with van der Waals surface area (Å²) >= 11 is 0. The normalized spacial score (nSPS) is 11.3. The van der Waals surface area contributed by atoms with Crippen molar-refractivity contribution in [2.24, 2.45) is 0 Å². The van der Waals surface area contributed by atoms with Crippen LogP contribution in [0.2, 0.25) is 0 Å². The van der Waals surface area contributed by atoms with Gasteiger partial charge in [0, 0.05) is 18.8 Å². The molecule has 3 rings (SSSR count). The Hall–Kier alpha value is -2.87. The molecule has 3 aromatic rings. The van der Waals surface area contributed by atoms with E-state index in [1.54, 1.807) is 41.3 Å². The number of aromatic amines is 1. The van der Waals surface area contributed by atoms with E-state index in [0.29, 0.717) is 17.9 Å². The standard InChI is InChI=1S/C15H18N6O2/c1-19(2)8-9-21-13(5-6-16-21)18-14(22)12-10-11-4-3-7-20(11)15(23)17-12/h3-7,10H,8-9H2,1-2H3,(H,17,23)(H,18,22). The lowest BCUT2D eigenvalue weighted by Crippen LogP contribution is -2.24. The minimum atomic E-state index is -0.377. The van der Waals surface area contributed by atoms with Crippen LogP contribution in [-0.2, 0) is 6.54 Å². The molecular weight excluding hydrogens is 296 g/mol.